The summed E-state index contributed by atoms with van der Waals surface area (Å²) in [6.07, 6.45) is 7.20. The highest BCUT2D eigenvalue weighted by Crippen LogP contribution is 2.37. The molecule has 0 aromatic heterocycles. The predicted octanol–water partition coefficient (Wildman–Crippen LogP) is 5.36. The van der Waals surface area contributed by atoms with Crippen LogP contribution in [0.15, 0.2) is 63.0 Å². The van der Waals surface area contributed by atoms with Crippen LogP contribution >= 0.6 is 11.8 Å². The topological polar surface area (TPSA) is 121 Å². The Bertz CT molecular complexity index is 1470. The summed E-state index contributed by atoms with van der Waals surface area (Å²) < 4.78 is 36.7. The second-order valence-corrected chi connectivity index (χ2v) is 11.8. The zero-order valence-corrected chi connectivity index (χ0v) is 22.8. The van der Waals surface area contributed by atoms with Crippen LogP contribution in [-0.4, -0.2) is 42.0 Å². The fourth-order valence-corrected chi connectivity index (χ4v) is 6.51. The molecule has 0 saturated heterocycles. The van der Waals surface area contributed by atoms with Crippen LogP contribution < -0.4 is 8.92 Å². The Morgan fingerprint density at radius 3 is 2.55 bits per heavy atom. The highest BCUT2D eigenvalue weighted by molar-refractivity contribution is 8.27. The van der Waals surface area contributed by atoms with Crippen LogP contribution in [0, 0.1) is 18.3 Å². The van der Waals surface area contributed by atoms with Gasteiger partial charge in [0.25, 0.3) is 5.91 Å². The number of rotatable bonds is 7. The number of amidine groups is 2. The van der Waals surface area contributed by atoms with Gasteiger partial charge in [0.2, 0.25) is 5.17 Å². The van der Waals surface area contributed by atoms with Crippen LogP contribution in [0.4, 0.5) is 0 Å². The Morgan fingerprint density at radius 1 is 1.11 bits per heavy atom. The highest BCUT2D eigenvalue weighted by Gasteiger charge is 2.38. The van der Waals surface area contributed by atoms with Crippen LogP contribution in [0.1, 0.15) is 50.2 Å². The van der Waals surface area contributed by atoms with E-state index in [-0.39, 0.29) is 34.4 Å². The number of hydrogen-bond donors (Lipinski definition) is 1. The lowest BCUT2D eigenvalue weighted by atomic mass is 9.90. The quantitative estimate of drug-likeness (QED) is 0.362. The van der Waals surface area contributed by atoms with E-state index in [9.17, 15) is 13.2 Å². The minimum atomic E-state index is -4.08. The summed E-state index contributed by atoms with van der Waals surface area (Å²) in [4.78, 5) is 17.1. The Hall–Kier alpha value is -3.44. The number of hydrazone groups is 1. The van der Waals surface area contributed by atoms with Crippen LogP contribution in [0.5, 0.6) is 11.5 Å². The van der Waals surface area contributed by atoms with Crippen molar-refractivity contribution >= 4 is 49.9 Å². The van der Waals surface area contributed by atoms with Gasteiger partial charge in [-0.3, -0.25) is 10.2 Å². The van der Waals surface area contributed by atoms with E-state index in [4.69, 9.17) is 14.3 Å². The number of carbonyl (C=O) groups is 1. The number of aryl methyl sites for hydroxylation is 1. The number of thioether (sulfide) groups is 1. The average molecular weight is 553 g/mol. The molecular formula is C27H28N4O5S2. The fourth-order valence-electron chi connectivity index (χ4n) is 4.51. The number of carbonyl (C=O) groups excluding carboxylic acids is 1. The van der Waals surface area contributed by atoms with E-state index >= 15 is 0 Å². The van der Waals surface area contributed by atoms with Crippen molar-refractivity contribution in [1.82, 2.24) is 5.01 Å². The van der Waals surface area contributed by atoms with Crippen molar-refractivity contribution in [1.29, 1.82) is 5.41 Å². The molecular weight excluding hydrogens is 524 g/mol. The lowest BCUT2D eigenvalue weighted by Gasteiger charge is -2.20. The van der Waals surface area contributed by atoms with Crippen molar-refractivity contribution < 1.29 is 22.1 Å². The van der Waals surface area contributed by atoms with E-state index < -0.39 is 16.0 Å². The lowest BCUT2D eigenvalue weighted by Crippen LogP contribution is -2.35. The molecule has 0 radical (unpaired) electrons. The summed E-state index contributed by atoms with van der Waals surface area (Å²) in [6, 6.07) is 11.0. The summed E-state index contributed by atoms with van der Waals surface area (Å²) in [7, 11) is -4.08. The molecule has 5 rings (SSSR count). The molecule has 11 heteroatoms. The lowest BCUT2D eigenvalue weighted by molar-refractivity contribution is -0.114. The molecule has 0 spiro atoms. The van der Waals surface area contributed by atoms with Crippen molar-refractivity contribution in [2.45, 2.75) is 50.8 Å². The molecule has 198 valence electrons. The van der Waals surface area contributed by atoms with E-state index in [1.807, 2.05) is 6.92 Å². The van der Waals surface area contributed by atoms with Gasteiger partial charge in [0, 0.05) is 5.92 Å². The second kappa shape index (κ2) is 10.7. The molecule has 38 heavy (non-hydrogen) atoms. The van der Waals surface area contributed by atoms with Gasteiger partial charge in [-0.1, -0.05) is 43.0 Å². The number of amides is 1. The van der Waals surface area contributed by atoms with Gasteiger partial charge in [0.15, 0.2) is 17.3 Å². The normalized spacial score (nSPS) is 19.3. The van der Waals surface area contributed by atoms with Gasteiger partial charge in [-0.2, -0.15) is 23.5 Å². The third-order valence-electron chi connectivity index (χ3n) is 6.51. The second-order valence-electron chi connectivity index (χ2n) is 9.28. The van der Waals surface area contributed by atoms with Crippen LogP contribution in [0.25, 0.3) is 6.08 Å². The number of fused-ring (bicyclic) bond motifs is 1. The molecule has 2 aromatic carbocycles. The highest BCUT2D eigenvalue weighted by atomic mass is 32.2. The van der Waals surface area contributed by atoms with Gasteiger partial charge in [-0.25, -0.2) is 0 Å². The summed E-state index contributed by atoms with van der Waals surface area (Å²) in [6.45, 7) is 3.91. The first-order valence-electron chi connectivity index (χ1n) is 12.5. The maximum atomic E-state index is 12.9. The molecule has 1 saturated carbocycles. The fraction of sp³-hybridized carbons (Fsp3) is 0.333. The molecule has 1 fully saturated rings. The van der Waals surface area contributed by atoms with Gasteiger partial charge in [-0.05, 0) is 74.4 Å². The maximum absolute atomic E-state index is 12.9. The summed E-state index contributed by atoms with van der Waals surface area (Å²) in [5, 5.41) is 16.0. The van der Waals surface area contributed by atoms with Crippen molar-refractivity contribution in [2.24, 2.45) is 16.0 Å². The van der Waals surface area contributed by atoms with Gasteiger partial charge >= 0.3 is 10.1 Å². The standard InChI is InChI=1S/C27H28N4O5S2/c1-3-35-23-16-18(11-14-22(23)36-38(33,34)20-12-9-17(2)10-13-20)15-21-24(28)31-27(29-25(21)32)37-26(30-31)19-7-5-4-6-8-19/h9-16,19,28H,3-8H2,1-2H3/b21-15-,28-24?. The smallest absolute Gasteiger partial charge is 0.339 e. The van der Waals surface area contributed by atoms with Crippen LogP contribution in [0.2, 0.25) is 0 Å². The molecule has 0 unspecified atom stereocenters. The van der Waals surface area contributed by atoms with Gasteiger partial charge in [0.1, 0.15) is 9.94 Å². The molecule has 2 aliphatic heterocycles. The number of hydrogen-bond acceptors (Lipinski definition) is 8. The molecule has 2 heterocycles. The summed E-state index contributed by atoms with van der Waals surface area (Å²) in [5.74, 6) is 0.00550. The first-order chi connectivity index (χ1) is 18.2. The minimum Gasteiger partial charge on any atom is -0.490 e. The van der Waals surface area contributed by atoms with Crippen LogP contribution in [0.3, 0.4) is 0 Å². The van der Waals surface area contributed by atoms with Gasteiger partial charge < -0.3 is 8.92 Å². The molecule has 1 amide bonds. The van der Waals surface area contributed by atoms with E-state index in [1.165, 1.54) is 47.5 Å². The van der Waals surface area contributed by atoms with E-state index in [0.717, 1.165) is 36.3 Å². The number of nitrogens with zero attached hydrogens (tertiary/aromatic N) is 3. The zero-order chi connectivity index (χ0) is 26.9. The number of aliphatic imine (C=N–C) groups is 1. The van der Waals surface area contributed by atoms with E-state index in [1.54, 1.807) is 31.2 Å². The first-order valence-corrected chi connectivity index (χ1v) is 14.8. The monoisotopic (exact) mass is 552 g/mol. The Kier molecular flexibility index (Phi) is 7.40. The minimum absolute atomic E-state index is 0.0256. The number of ether oxygens (including phenoxy) is 1. The molecule has 1 N–H and O–H groups in total. The largest absolute Gasteiger partial charge is 0.490 e. The van der Waals surface area contributed by atoms with E-state index in [0.29, 0.717) is 16.6 Å². The van der Waals surface area contributed by atoms with E-state index in [2.05, 4.69) is 10.1 Å². The SMILES string of the molecule is CCOc1cc(/C=C2/C(=N)N3N=C(C4CCCCC4)SC3=NC2=O)ccc1OS(=O)(=O)c1ccc(C)cc1. The Balaban J connectivity index is 1.40. The molecule has 2 aromatic rings. The third kappa shape index (κ3) is 5.39. The maximum Gasteiger partial charge on any atom is 0.339 e. The molecule has 3 aliphatic rings. The zero-order valence-electron chi connectivity index (χ0n) is 21.1. The third-order valence-corrected chi connectivity index (χ3v) is 8.83. The van der Waals surface area contributed by atoms with Crippen molar-refractivity contribution in [2.75, 3.05) is 6.61 Å². The van der Waals surface area contributed by atoms with Gasteiger partial charge in [-0.15, -0.1) is 0 Å². The number of benzene rings is 2. The molecule has 1 aliphatic carbocycles. The van der Waals surface area contributed by atoms with Crippen molar-refractivity contribution in [3.63, 3.8) is 0 Å². The van der Waals surface area contributed by atoms with Crippen LogP contribution in [-0.2, 0) is 14.9 Å². The molecule has 0 atom stereocenters. The summed E-state index contributed by atoms with van der Waals surface area (Å²) >= 11 is 1.38. The Labute approximate surface area is 226 Å². The molecule has 0 bridgehead atoms. The Morgan fingerprint density at radius 2 is 1.84 bits per heavy atom. The molecule has 9 nitrogen and oxygen atoms in total. The van der Waals surface area contributed by atoms with Crippen molar-refractivity contribution in [3.05, 3.63) is 59.2 Å². The average Bonchev–Trinajstić information content (AvgIpc) is 3.33. The number of nitrogens with one attached hydrogen (secondary N) is 1. The van der Waals surface area contributed by atoms with Crippen molar-refractivity contribution in [3.8, 4) is 11.5 Å². The predicted molar refractivity (Wildman–Crippen MR) is 148 cm³/mol. The first kappa shape index (κ1) is 26.2. The van der Waals surface area contributed by atoms with Gasteiger partial charge in [0.05, 0.1) is 12.2 Å². The summed E-state index contributed by atoms with van der Waals surface area (Å²) in [5.41, 5.74) is 1.55.